The van der Waals surface area contributed by atoms with Crippen molar-refractivity contribution in [3.8, 4) is 0 Å². The van der Waals surface area contributed by atoms with E-state index in [1.165, 1.54) is 23.6 Å². The zero-order valence-electron chi connectivity index (χ0n) is 13.1. The molecule has 1 aromatic rings. The predicted molar refractivity (Wildman–Crippen MR) is 86.6 cm³/mol. The minimum atomic E-state index is -4.18. The third-order valence-corrected chi connectivity index (χ3v) is 4.73. The van der Waals surface area contributed by atoms with Crippen LogP contribution in [0, 0.1) is 11.7 Å². The quantitative estimate of drug-likeness (QED) is 0.555. The van der Waals surface area contributed by atoms with E-state index >= 15 is 0 Å². The van der Waals surface area contributed by atoms with Crippen molar-refractivity contribution in [2.45, 2.75) is 19.0 Å². The Morgan fingerprint density at radius 3 is 2.44 bits per heavy atom. The van der Waals surface area contributed by atoms with Crippen LogP contribution in [0.5, 0.6) is 0 Å². The van der Waals surface area contributed by atoms with Crippen LogP contribution in [-0.2, 0) is 0 Å². The first kappa shape index (κ1) is 19.1. The number of nitrogens with one attached hydrogen (secondary N) is 1. The number of allylic oxidation sites excluding steroid dienone is 2. The lowest BCUT2D eigenvalue weighted by Crippen LogP contribution is -2.40. The van der Waals surface area contributed by atoms with E-state index in [-0.39, 0.29) is 42.5 Å². The molecule has 25 heavy (non-hydrogen) atoms. The van der Waals surface area contributed by atoms with Crippen LogP contribution in [0.2, 0.25) is 0 Å². The molecule has 0 saturated carbocycles. The summed E-state index contributed by atoms with van der Waals surface area (Å²) < 4.78 is 51.2. The number of carbonyl (C=O) groups excluding carboxylic acids is 1. The van der Waals surface area contributed by atoms with E-state index in [1.807, 2.05) is 0 Å². The SMILES string of the molecule is N/C(=C\C=C(/N)N1CCC(C(F)(F)F)CC1)NC(=O)c1sccc1F. The van der Waals surface area contributed by atoms with Crippen molar-refractivity contribution >= 4 is 17.2 Å². The normalized spacial score (nSPS) is 17.7. The van der Waals surface area contributed by atoms with Gasteiger partial charge in [-0.05, 0) is 36.4 Å². The van der Waals surface area contributed by atoms with E-state index < -0.39 is 23.8 Å². The molecule has 0 atom stereocenters. The molecule has 5 nitrogen and oxygen atoms in total. The number of thiophene rings is 1. The molecular weight excluding hydrogens is 360 g/mol. The number of halogens is 4. The Balaban J connectivity index is 1.90. The zero-order chi connectivity index (χ0) is 18.6. The van der Waals surface area contributed by atoms with Crippen LogP contribution >= 0.6 is 11.3 Å². The maximum atomic E-state index is 13.3. The van der Waals surface area contributed by atoms with Crippen LogP contribution in [0.1, 0.15) is 22.5 Å². The number of hydrogen-bond acceptors (Lipinski definition) is 5. The molecule has 138 valence electrons. The van der Waals surface area contributed by atoms with E-state index in [1.54, 1.807) is 4.90 Å². The lowest BCUT2D eigenvalue weighted by atomic mass is 9.96. The highest BCUT2D eigenvalue weighted by Gasteiger charge is 2.41. The van der Waals surface area contributed by atoms with E-state index in [2.05, 4.69) is 5.32 Å². The summed E-state index contributed by atoms with van der Waals surface area (Å²) in [5, 5.41) is 3.75. The van der Waals surface area contributed by atoms with Crippen LogP contribution in [0.15, 0.2) is 35.2 Å². The van der Waals surface area contributed by atoms with Gasteiger partial charge in [-0.25, -0.2) is 4.39 Å². The lowest BCUT2D eigenvalue weighted by Gasteiger charge is -2.34. The highest BCUT2D eigenvalue weighted by molar-refractivity contribution is 7.12. The molecule has 1 fully saturated rings. The van der Waals surface area contributed by atoms with Crippen molar-refractivity contribution in [2.24, 2.45) is 17.4 Å². The van der Waals surface area contributed by atoms with Crippen LogP contribution in [0.3, 0.4) is 0 Å². The molecule has 10 heteroatoms. The first-order chi connectivity index (χ1) is 11.7. The highest BCUT2D eigenvalue weighted by Crippen LogP contribution is 2.34. The van der Waals surface area contributed by atoms with Gasteiger partial charge in [0.1, 0.15) is 16.5 Å². The number of alkyl halides is 3. The molecule has 1 saturated heterocycles. The second-order valence-electron chi connectivity index (χ2n) is 5.57. The molecular formula is C15H18F4N4OS. The molecule has 1 amide bonds. The maximum Gasteiger partial charge on any atom is 0.391 e. The zero-order valence-corrected chi connectivity index (χ0v) is 14.0. The molecule has 2 heterocycles. The van der Waals surface area contributed by atoms with Crippen LogP contribution in [0.4, 0.5) is 17.6 Å². The number of hydrogen-bond donors (Lipinski definition) is 3. The average Bonchev–Trinajstić information content (AvgIpc) is 2.98. The summed E-state index contributed by atoms with van der Waals surface area (Å²) in [4.78, 5) is 13.3. The fraction of sp³-hybridized carbons (Fsp3) is 0.400. The number of amides is 1. The van der Waals surface area contributed by atoms with Gasteiger partial charge in [0.15, 0.2) is 0 Å². The molecule has 1 aromatic heterocycles. The number of piperidine rings is 1. The van der Waals surface area contributed by atoms with Gasteiger partial charge in [-0.2, -0.15) is 13.2 Å². The van der Waals surface area contributed by atoms with Crippen molar-refractivity contribution in [1.29, 1.82) is 0 Å². The van der Waals surface area contributed by atoms with Crippen molar-refractivity contribution in [2.75, 3.05) is 13.1 Å². The minimum Gasteiger partial charge on any atom is -0.385 e. The summed E-state index contributed by atoms with van der Waals surface area (Å²) in [5.41, 5.74) is 11.5. The Labute approximate surface area is 146 Å². The van der Waals surface area contributed by atoms with Gasteiger partial charge in [-0.3, -0.25) is 4.79 Å². The molecule has 0 bridgehead atoms. The van der Waals surface area contributed by atoms with E-state index in [9.17, 15) is 22.4 Å². The number of nitrogens with zero attached hydrogens (tertiary/aromatic N) is 1. The standard InChI is InChI=1S/C15H18F4N4OS/c16-10-5-8-25-13(10)14(24)22-11(20)1-2-12(21)23-6-3-9(4-7-23)15(17,18)19/h1-2,5,8-9H,3-4,6-7,20-21H2,(H,22,24)/b11-1+,12-2+. The van der Waals surface area contributed by atoms with Gasteiger partial charge in [-0.15, -0.1) is 11.3 Å². The van der Waals surface area contributed by atoms with Crippen molar-refractivity contribution < 1.29 is 22.4 Å². The van der Waals surface area contributed by atoms with Crippen LogP contribution in [0.25, 0.3) is 0 Å². The van der Waals surface area contributed by atoms with Gasteiger partial charge in [-0.1, -0.05) is 0 Å². The highest BCUT2D eigenvalue weighted by atomic mass is 32.1. The Kier molecular flexibility index (Phi) is 5.93. The summed E-state index contributed by atoms with van der Waals surface area (Å²) in [6, 6.07) is 1.17. The second-order valence-corrected chi connectivity index (χ2v) is 6.48. The Morgan fingerprint density at radius 2 is 1.92 bits per heavy atom. The van der Waals surface area contributed by atoms with Crippen LogP contribution in [-0.4, -0.2) is 30.1 Å². The maximum absolute atomic E-state index is 13.3. The fourth-order valence-corrected chi connectivity index (χ4v) is 3.09. The Bertz CT molecular complexity index is 675. The van der Waals surface area contributed by atoms with E-state index in [4.69, 9.17) is 11.5 Å². The monoisotopic (exact) mass is 378 g/mol. The predicted octanol–water partition coefficient (Wildman–Crippen LogP) is 2.49. The largest absolute Gasteiger partial charge is 0.391 e. The third-order valence-electron chi connectivity index (χ3n) is 3.84. The number of rotatable bonds is 4. The van der Waals surface area contributed by atoms with E-state index in [0.717, 1.165) is 11.3 Å². The van der Waals surface area contributed by atoms with Crippen LogP contribution < -0.4 is 16.8 Å². The van der Waals surface area contributed by atoms with Crippen molar-refractivity contribution in [3.05, 3.63) is 45.9 Å². The molecule has 1 aliphatic heterocycles. The average molecular weight is 378 g/mol. The third kappa shape index (κ3) is 5.12. The summed E-state index contributed by atoms with van der Waals surface area (Å²) in [6.07, 6.45) is -1.52. The smallest absolute Gasteiger partial charge is 0.385 e. The summed E-state index contributed by atoms with van der Waals surface area (Å²) in [5.74, 6) is -2.43. The molecule has 0 aromatic carbocycles. The summed E-state index contributed by atoms with van der Waals surface area (Å²) >= 11 is 0.939. The van der Waals surface area contributed by atoms with E-state index in [0.29, 0.717) is 0 Å². The summed E-state index contributed by atoms with van der Waals surface area (Å²) in [7, 11) is 0. The Hall–Kier alpha value is -2.23. The van der Waals surface area contributed by atoms with Gasteiger partial charge in [0.05, 0.1) is 11.7 Å². The lowest BCUT2D eigenvalue weighted by molar-refractivity contribution is -0.184. The van der Waals surface area contributed by atoms with Gasteiger partial charge >= 0.3 is 6.18 Å². The molecule has 1 aliphatic rings. The van der Waals surface area contributed by atoms with Gasteiger partial charge < -0.3 is 21.7 Å². The first-order valence-corrected chi connectivity index (χ1v) is 8.35. The topological polar surface area (TPSA) is 84.4 Å². The molecule has 0 aliphatic carbocycles. The van der Waals surface area contributed by atoms with Crippen molar-refractivity contribution in [3.63, 3.8) is 0 Å². The molecule has 0 unspecified atom stereocenters. The first-order valence-electron chi connectivity index (χ1n) is 7.47. The van der Waals surface area contributed by atoms with Gasteiger partial charge in [0.25, 0.3) is 5.91 Å². The number of carbonyl (C=O) groups is 1. The molecule has 0 spiro atoms. The summed E-state index contributed by atoms with van der Waals surface area (Å²) in [6.45, 7) is 0.375. The van der Waals surface area contributed by atoms with Gasteiger partial charge in [0, 0.05) is 13.1 Å². The second kappa shape index (κ2) is 7.77. The molecule has 5 N–H and O–H groups in total. The van der Waals surface area contributed by atoms with Gasteiger partial charge in [0.2, 0.25) is 0 Å². The minimum absolute atomic E-state index is 0.0222. The van der Waals surface area contributed by atoms with Crippen molar-refractivity contribution in [1.82, 2.24) is 10.2 Å². The Morgan fingerprint density at radius 1 is 1.28 bits per heavy atom. The number of likely N-dealkylation sites (tertiary alicyclic amines) is 1. The number of nitrogens with two attached hydrogens (primary N) is 2. The molecule has 2 rings (SSSR count). The molecule has 0 radical (unpaired) electrons. The fourth-order valence-electron chi connectivity index (χ4n) is 2.43.